The minimum atomic E-state index is -0.219. The molecule has 140 valence electrons. The third kappa shape index (κ3) is 4.15. The highest BCUT2D eigenvalue weighted by Crippen LogP contribution is 2.21. The van der Waals surface area contributed by atoms with Gasteiger partial charge in [-0.05, 0) is 56.1 Å². The molecule has 1 aromatic carbocycles. The Morgan fingerprint density at radius 2 is 1.93 bits per heavy atom. The van der Waals surface area contributed by atoms with E-state index < -0.39 is 0 Å². The molecule has 0 unspecified atom stereocenters. The summed E-state index contributed by atoms with van der Waals surface area (Å²) in [6, 6.07) is 11.3. The number of rotatable bonds is 5. The molecule has 1 aliphatic heterocycles. The quantitative estimate of drug-likeness (QED) is 0.717. The van der Waals surface area contributed by atoms with Crippen LogP contribution in [0.5, 0.6) is 0 Å². The van der Waals surface area contributed by atoms with Crippen molar-refractivity contribution < 1.29 is 4.79 Å². The first kappa shape index (κ1) is 18.0. The van der Waals surface area contributed by atoms with Crippen LogP contribution in [0.25, 0.3) is 5.65 Å². The largest absolute Gasteiger partial charge is 0.319 e. The van der Waals surface area contributed by atoms with E-state index in [1.807, 2.05) is 28.8 Å². The molecule has 0 spiro atoms. The highest BCUT2D eigenvalue weighted by Gasteiger charge is 2.15. The Labute approximate surface area is 164 Å². The second kappa shape index (κ2) is 8.11. The van der Waals surface area contributed by atoms with Gasteiger partial charge in [-0.25, -0.2) is 4.98 Å². The van der Waals surface area contributed by atoms with Crippen LogP contribution in [0.15, 0.2) is 48.8 Å². The highest BCUT2D eigenvalue weighted by molar-refractivity contribution is 6.33. The van der Waals surface area contributed by atoms with E-state index in [0.29, 0.717) is 16.4 Å². The number of halogens is 1. The number of carbonyl (C=O) groups is 1. The molecule has 0 bridgehead atoms. The normalized spacial score (nSPS) is 15.1. The average Bonchev–Trinajstić information content (AvgIpc) is 3.12. The fourth-order valence-electron chi connectivity index (χ4n) is 3.56. The maximum absolute atomic E-state index is 12.7. The van der Waals surface area contributed by atoms with Crippen LogP contribution in [0.4, 0.5) is 5.69 Å². The molecule has 6 heteroatoms. The Bertz CT molecular complexity index is 946. The minimum absolute atomic E-state index is 0.219. The van der Waals surface area contributed by atoms with Crippen LogP contribution in [0.2, 0.25) is 5.02 Å². The standard InChI is InChI=1S/C21H23ClN4O/c22-17-6-2-3-7-18(17)24-21(27)19-14-23-20-9-8-16(15-26(19)20)10-13-25-11-4-1-5-12-25/h2-3,6-9,14-15H,1,4-5,10-13H2,(H,24,27). The van der Waals surface area contributed by atoms with Crippen molar-refractivity contribution in [3.63, 3.8) is 0 Å². The lowest BCUT2D eigenvalue weighted by atomic mass is 10.1. The smallest absolute Gasteiger partial charge is 0.274 e. The van der Waals surface area contributed by atoms with Gasteiger partial charge in [0, 0.05) is 12.7 Å². The molecule has 3 aromatic rings. The molecule has 5 nitrogen and oxygen atoms in total. The van der Waals surface area contributed by atoms with Crippen LogP contribution in [0.3, 0.4) is 0 Å². The number of amides is 1. The topological polar surface area (TPSA) is 49.6 Å². The molecule has 27 heavy (non-hydrogen) atoms. The van der Waals surface area contributed by atoms with Crippen molar-refractivity contribution in [3.05, 3.63) is 65.1 Å². The molecule has 3 heterocycles. The van der Waals surface area contributed by atoms with Crippen LogP contribution in [0, 0.1) is 0 Å². The summed E-state index contributed by atoms with van der Waals surface area (Å²) in [6.45, 7) is 3.44. The van der Waals surface area contributed by atoms with Crippen molar-refractivity contribution in [2.75, 3.05) is 25.0 Å². The number of para-hydroxylation sites is 1. The van der Waals surface area contributed by atoms with Crippen molar-refractivity contribution >= 4 is 28.8 Å². The van der Waals surface area contributed by atoms with Crippen molar-refractivity contribution in [2.24, 2.45) is 0 Å². The van der Waals surface area contributed by atoms with Gasteiger partial charge in [0.25, 0.3) is 5.91 Å². The Hall–Kier alpha value is -2.37. The van der Waals surface area contributed by atoms with Gasteiger partial charge in [0.1, 0.15) is 11.3 Å². The van der Waals surface area contributed by atoms with E-state index in [1.165, 1.54) is 37.9 Å². The van der Waals surface area contributed by atoms with E-state index in [-0.39, 0.29) is 5.91 Å². The van der Waals surface area contributed by atoms with Gasteiger partial charge in [-0.2, -0.15) is 0 Å². The predicted octanol–water partition coefficient (Wildman–Crippen LogP) is 4.27. The van der Waals surface area contributed by atoms with Crippen molar-refractivity contribution in [2.45, 2.75) is 25.7 Å². The van der Waals surface area contributed by atoms with Gasteiger partial charge >= 0.3 is 0 Å². The molecule has 1 amide bonds. The first-order valence-electron chi connectivity index (χ1n) is 9.45. The van der Waals surface area contributed by atoms with Crippen molar-refractivity contribution in [1.82, 2.24) is 14.3 Å². The number of nitrogens with zero attached hydrogens (tertiary/aromatic N) is 3. The maximum Gasteiger partial charge on any atom is 0.274 e. The lowest BCUT2D eigenvalue weighted by Crippen LogP contribution is -2.31. The van der Waals surface area contributed by atoms with Crippen LogP contribution in [-0.2, 0) is 6.42 Å². The third-order valence-electron chi connectivity index (χ3n) is 5.09. The fourth-order valence-corrected chi connectivity index (χ4v) is 3.74. The van der Waals surface area contributed by atoms with E-state index in [4.69, 9.17) is 11.6 Å². The van der Waals surface area contributed by atoms with Gasteiger partial charge in [-0.1, -0.05) is 36.2 Å². The number of benzene rings is 1. The molecule has 1 fully saturated rings. The number of fused-ring (bicyclic) bond motifs is 1. The van der Waals surface area contributed by atoms with E-state index >= 15 is 0 Å². The lowest BCUT2D eigenvalue weighted by Gasteiger charge is -2.26. The second-order valence-corrected chi connectivity index (χ2v) is 7.40. The first-order chi connectivity index (χ1) is 13.2. The molecular formula is C21H23ClN4O. The monoisotopic (exact) mass is 382 g/mol. The number of imidazole rings is 1. The number of likely N-dealkylation sites (tertiary alicyclic amines) is 1. The number of anilines is 1. The number of carbonyl (C=O) groups excluding carboxylic acids is 1. The van der Waals surface area contributed by atoms with Crippen molar-refractivity contribution in [3.8, 4) is 0 Å². The molecule has 1 N–H and O–H groups in total. The molecule has 1 aliphatic rings. The number of piperidine rings is 1. The van der Waals surface area contributed by atoms with Crippen LogP contribution >= 0.6 is 11.6 Å². The molecule has 1 saturated heterocycles. The third-order valence-corrected chi connectivity index (χ3v) is 5.42. The minimum Gasteiger partial charge on any atom is -0.319 e. The van der Waals surface area contributed by atoms with Gasteiger partial charge in [-0.3, -0.25) is 9.20 Å². The fraction of sp³-hybridized carbons (Fsp3) is 0.333. The zero-order valence-electron chi connectivity index (χ0n) is 15.2. The highest BCUT2D eigenvalue weighted by atomic mass is 35.5. The van der Waals surface area contributed by atoms with Gasteiger partial charge in [0.05, 0.1) is 16.9 Å². The summed E-state index contributed by atoms with van der Waals surface area (Å²) >= 11 is 6.15. The molecule has 0 aliphatic carbocycles. The number of hydrogen-bond acceptors (Lipinski definition) is 3. The summed E-state index contributed by atoms with van der Waals surface area (Å²) < 4.78 is 1.86. The maximum atomic E-state index is 12.7. The Morgan fingerprint density at radius 1 is 1.11 bits per heavy atom. The SMILES string of the molecule is O=C(Nc1ccccc1Cl)c1cnc2ccc(CCN3CCCCC3)cn12. The summed E-state index contributed by atoms with van der Waals surface area (Å²) in [5.41, 5.74) is 3.07. The van der Waals surface area contributed by atoms with E-state index in [0.717, 1.165) is 18.6 Å². The molecule has 0 saturated carbocycles. The molecule has 0 radical (unpaired) electrons. The number of nitrogens with one attached hydrogen (secondary N) is 1. The summed E-state index contributed by atoms with van der Waals surface area (Å²) in [5.74, 6) is -0.219. The number of hydrogen-bond donors (Lipinski definition) is 1. The summed E-state index contributed by atoms with van der Waals surface area (Å²) in [5, 5.41) is 3.38. The lowest BCUT2D eigenvalue weighted by molar-refractivity contribution is 0.102. The van der Waals surface area contributed by atoms with E-state index in [1.54, 1.807) is 18.3 Å². The van der Waals surface area contributed by atoms with Crippen LogP contribution in [0.1, 0.15) is 35.3 Å². The first-order valence-corrected chi connectivity index (χ1v) is 9.83. The van der Waals surface area contributed by atoms with Gasteiger partial charge < -0.3 is 10.2 Å². The van der Waals surface area contributed by atoms with Crippen molar-refractivity contribution in [1.29, 1.82) is 0 Å². The predicted molar refractivity (Wildman–Crippen MR) is 109 cm³/mol. The summed E-state index contributed by atoms with van der Waals surface area (Å²) in [4.78, 5) is 19.6. The average molecular weight is 383 g/mol. The van der Waals surface area contributed by atoms with Crippen LogP contribution in [-0.4, -0.2) is 39.8 Å². The zero-order chi connectivity index (χ0) is 18.6. The van der Waals surface area contributed by atoms with Crippen LogP contribution < -0.4 is 5.32 Å². The Morgan fingerprint density at radius 3 is 2.74 bits per heavy atom. The molecular weight excluding hydrogens is 360 g/mol. The Balaban J connectivity index is 1.51. The number of pyridine rings is 1. The van der Waals surface area contributed by atoms with Gasteiger partial charge in [0.2, 0.25) is 0 Å². The zero-order valence-corrected chi connectivity index (χ0v) is 16.0. The van der Waals surface area contributed by atoms with E-state index in [9.17, 15) is 4.79 Å². The van der Waals surface area contributed by atoms with E-state index in [2.05, 4.69) is 21.3 Å². The second-order valence-electron chi connectivity index (χ2n) is 7.00. The number of aromatic nitrogens is 2. The summed E-state index contributed by atoms with van der Waals surface area (Å²) in [7, 11) is 0. The molecule has 2 aromatic heterocycles. The Kier molecular flexibility index (Phi) is 5.41. The van der Waals surface area contributed by atoms with Gasteiger partial charge in [-0.15, -0.1) is 0 Å². The summed E-state index contributed by atoms with van der Waals surface area (Å²) in [6.07, 6.45) is 8.55. The molecule has 4 rings (SSSR count). The van der Waals surface area contributed by atoms with Gasteiger partial charge in [0.15, 0.2) is 0 Å². The molecule has 0 atom stereocenters.